The number of rotatable bonds is 4. The van der Waals surface area contributed by atoms with E-state index in [1.165, 1.54) is 6.42 Å². The quantitative estimate of drug-likeness (QED) is 0.780. The molecule has 0 saturated carbocycles. The van der Waals surface area contributed by atoms with Gasteiger partial charge in [0.1, 0.15) is 5.75 Å². The molecule has 5 heteroatoms. The Morgan fingerprint density at radius 2 is 2.26 bits per heavy atom. The van der Waals surface area contributed by atoms with Crippen molar-refractivity contribution in [2.75, 3.05) is 34.3 Å². The lowest BCUT2D eigenvalue weighted by Crippen LogP contribution is -2.31. The van der Waals surface area contributed by atoms with Crippen molar-refractivity contribution in [2.45, 2.75) is 19.0 Å². The molecule has 19 heavy (non-hydrogen) atoms. The van der Waals surface area contributed by atoms with Gasteiger partial charge in [-0.3, -0.25) is 4.90 Å². The average molecular weight is 261 g/mol. The molecule has 102 valence electrons. The lowest BCUT2D eigenvalue weighted by Gasteiger charge is -2.20. The van der Waals surface area contributed by atoms with E-state index in [1.54, 1.807) is 13.2 Å². The lowest BCUT2D eigenvalue weighted by atomic mass is 10.1. The van der Waals surface area contributed by atoms with E-state index in [0.29, 0.717) is 11.7 Å². The van der Waals surface area contributed by atoms with Crippen LogP contribution in [0.1, 0.15) is 12.0 Å². The monoisotopic (exact) mass is 261 g/mol. The number of likely N-dealkylation sites (tertiary alicyclic amines) is 1. The normalized spacial score (nSPS) is 19.6. The van der Waals surface area contributed by atoms with Gasteiger partial charge in [-0.2, -0.15) is 0 Å². The molecule has 1 unspecified atom stereocenters. The van der Waals surface area contributed by atoms with Gasteiger partial charge in [0.25, 0.3) is 0 Å². The first-order chi connectivity index (χ1) is 9.13. The topological polar surface area (TPSA) is 43.9 Å². The van der Waals surface area contributed by atoms with Crippen molar-refractivity contribution in [1.29, 1.82) is 5.39 Å². The summed E-state index contributed by atoms with van der Waals surface area (Å²) in [5.74, 6) is 0.848. The van der Waals surface area contributed by atoms with Crippen molar-refractivity contribution in [3.05, 3.63) is 28.7 Å². The molecule has 1 atom stereocenters. The van der Waals surface area contributed by atoms with E-state index in [-0.39, 0.29) is 0 Å². The Hall–Kier alpha value is -1.64. The Bertz CT molecular complexity index is 481. The van der Waals surface area contributed by atoms with Crippen molar-refractivity contribution in [2.24, 2.45) is 0 Å². The predicted octanol–water partition coefficient (Wildman–Crippen LogP) is 2.32. The van der Waals surface area contributed by atoms with E-state index in [2.05, 4.69) is 28.9 Å². The molecule has 0 bridgehead atoms. The highest BCUT2D eigenvalue weighted by atomic mass is 16.5. The molecule has 1 aliphatic rings. The van der Waals surface area contributed by atoms with Gasteiger partial charge in [0.05, 0.1) is 7.11 Å². The summed E-state index contributed by atoms with van der Waals surface area (Å²) in [5, 5.41) is 8.87. The molecule has 0 amide bonds. The van der Waals surface area contributed by atoms with Crippen LogP contribution in [0.4, 0.5) is 5.69 Å². The Morgan fingerprint density at radius 3 is 2.84 bits per heavy atom. The van der Waals surface area contributed by atoms with Crippen LogP contribution in [0.25, 0.3) is 4.98 Å². The summed E-state index contributed by atoms with van der Waals surface area (Å²) in [6, 6.07) is 6.09. The molecule has 0 N–H and O–H groups in total. The van der Waals surface area contributed by atoms with Crippen molar-refractivity contribution in [1.82, 2.24) is 9.80 Å². The first-order valence-electron chi connectivity index (χ1n) is 6.55. The molecule has 0 aromatic heterocycles. The third kappa shape index (κ3) is 3.22. The van der Waals surface area contributed by atoms with Crippen molar-refractivity contribution < 1.29 is 4.74 Å². The predicted molar refractivity (Wildman–Crippen MR) is 75.1 cm³/mol. The Balaban J connectivity index is 2.09. The third-order valence-corrected chi connectivity index (χ3v) is 3.75. The first-order valence-corrected chi connectivity index (χ1v) is 6.55. The second-order valence-corrected chi connectivity index (χ2v) is 5.24. The zero-order chi connectivity index (χ0) is 13.8. The molecule has 0 radical (unpaired) electrons. The summed E-state index contributed by atoms with van der Waals surface area (Å²) in [6.07, 6.45) is 1.19. The second kappa shape index (κ2) is 6.00. The van der Waals surface area contributed by atoms with Crippen molar-refractivity contribution in [3.8, 4) is 5.75 Å². The van der Waals surface area contributed by atoms with Gasteiger partial charge in [-0.1, -0.05) is 0 Å². The van der Waals surface area contributed by atoms with E-state index in [9.17, 15) is 0 Å². The highest BCUT2D eigenvalue weighted by Gasteiger charge is 2.25. The lowest BCUT2D eigenvalue weighted by molar-refractivity contribution is 0.262. The van der Waals surface area contributed by atoms with Crippen molar-refractivity contribution in [3.63, 3.8) is 0 Å². The van der Waals surface area contributed by atoms with Gasteiger partial charge in [0.2, 0.25) is 5.39 Å². The van der Waals surface area contributed by atoms with Gasteiger partial charge in [-0.15, -0.1) is 0 Å². The smallest absolute Gasteiger partial charge is 0.385 e. The molecule has 1 aromatic carbocycles. The highest BCUT2D eigenvalue weighted by Crippen LogP contribution is 2.27. The molecule has 1 aromatic rings. The SMILES string of the molecule is COc1ccc([N+]#N)cc1CN1CCC(N(C)C)C1. The zero-order valence-corrected chi connectivity index (χ0v) is 11.8. The number of hydrogen-bond donors (Lipinski definition) is 0. The molecule has 2 rings (SSSR count). The zero-order valence-electron chi connectivity index (χ0n) is 11.8. The molecule has 0 spiro atoms. The van der Waals surface area contributed by atoms with E-state index in [0.717, 1.165) is 30.9 Å². The fourth-order valence-corrected chi connectivity index (χ4v) is 2.57. The van der Waals surface area contributed by atoms with E-state index in [1.807, 2.05) is 12.1 Å². The van der Waals surface area contributed by atoms with Crippen LogP contribution in [-0.4, -0.2) is 50.1 Å². The molecule has 1 heterocycles. The largest absolute Gasteiger partial charge is 0.496 e. The Labute approximate surface area is 114 Å². The van der Waals surface area contributed by atoms with Crippen LogP contribution in [0.3, 0.4) is 0 Å². The summed E-state index contributed by atoms with van der Waals surface area (Å²) in [6.45, 7) is 2.99. The van der Waals surface area contributed by atoms with Gasteiger partial charge < -0.3 is 9.64 Å². The van der Waals surface area contributed by atoms with E-state index < -0.39 is 0 Å². The van der Waals surface area contributed by atoms with Crippen LogP contribution >= 0.6 is 0 Å². The number of diazo groups is 1. The minimum absolute atomic E-state index is 0.569. The summed E-state index contributed by atoms with van der Waals surface area (Å²) in [5.41, 5.74) is 1.64. The summed E-state index contributed by atoms with van der Waals surface area (Å²) in [4.78, 5) is 7.92. The second-order valence-electron chi connectivity index (χ2n) is 5.24. The summed E-state index contributed by atoms with van der Waals surface area (Å²) in [7, 11) is 5.92. The summed E-state index contributed by atoms with van der Waals surface area (Å²) < 4.78 is 5.37. The number of benzene rings is 1. The molecule has 1 fully saturated rings. The van der Waals surface area contributed by atoms with Gasteiger partial charge >= 0.3 is 5.69 Å². The molecule has 0 aliphatic carbocycles. The highest BCUT2D eigenvalue weighted by molar-refractivity contribution is 5.51. The molecular formula is C14H21N4O+. The molecule has 1 saturated heterocycles. The van der Waals surface area contributed by atoms with Gasteiger partial charge in [0.15, 0.2) is 4.98 Å². The van der Waals surface area contributed by atoms with E-state index >= 15 is 0 Å². The maximum Gasteiger partial charge on any atom is 0.385 e. The molecule has 5 nitrogen and oxygen atoms in total. The van der Waals surface area contributed by atoms with Crippen LogP contribution in [0, 0.1) is 5.39 Å². The van der Waals surface area contributed by atoms with E-state index in [4.69, 9.17) is 10.1 Å². The number of methoxy groups -OCH3 is 1. The van der Waals surface area contributed by atoms with Gasteiger partial charge in [-0.05, 0) is 26.6 Å². The van der Waals surface area contributed by atoms with Crippen LogP contribution in [0.5, 0.6) is 5.75 Å². The molecule has 1 aliphatic heterocycles. The molecular weight excluding hydrogens is 240 g/mol. The first kappa shape index (κ1) is 13.8. The fraction of sp³-hybridized carbons (Fsp3) is 0.571. The van der Waals surface area contributed by atoms with Crippen molar-refractivity contribution >= 4 is 5.69 Å². The van der Waals surface area contributed by atoms with Gasteiger partial charge in [0, 0.05) is 43.4 Å². The Kier molecular flexibility index (Phi) is 4.35. The average Bonchev–Trinajstić information content (AvgIpc) is 2.87. The van der Waals surface area contributed by atoms with Crippen LogP contribution in [-0.2, 0) is 6.54 Å². The number of hydrogen-bond acceptors (Lipinski definition) is 4. The van der Waals surface area contributed by atoms with Crippen LogP contribution in [0.2, 0.25) is 0 Å². The minimum Gasteiger partial charge on any atom is -0.496 e. The standard InChI is InChI=1S/C14H21N4O/c1-17(2)13-6-7-18(10-13)9-11-8-12(16-15)4-5-14(11)19-3/h4-5,8,13H,6-7,9-10H2,1-3H3/q+1. The minimum atomic E-state index is 0.569. The van der Waals surface area contributed by atoms with Gasteiger partial charge in [-0.25, -0.2) is 0 Å². The Morgan fingerprint density at radius 1 is 1.47 bits per heavy atom. The number of likely N-dealkylation sites (N-methyl/N-ethyl adjacent to an activating group) is 1. The maximum atomic E-state index is 8.87. The maximum absolute atomic E-state index is 8.87. The third-order valence-electron chi connectivity index (χ3n) is 3.75. The van der Waals surface area contributed by atoms with Crippen LogP contribution in [0.15, 0.2) is 18.2 Å². The number of ether oxygens (including phenoxy) is 1. The summed E-state index contributed by atoms with van der Waals surface area (Å²) >= 11 is 0. The van der Waals surface area contributed by atoms with Crippen LogP contribution < -0.4 is 4.74 Å². The fourth-order valence-electron chi connectivity index (χ4n) is 2.57. The number of nitrogens with zero attached hydrogens (tertiary/aromatic N) is 4.